The molecule has 2 nitrogen and oxygen atoms in total. The van der Waals surface area contributed by atoms with E-state index in [0.717, 1.165) is 17.9 Å². The van der Waals surface area contributed by atoms with E-state index < -0.39 is 0 Å². The fourth-order valence-electron chi connectivity index (χ4n) is 2.31. The van der Waals surface area contributed by atoms with Crippen molar-refractivity contribution in [3.05, 3.63) is 71.9 Å². The normalized spacial score (nSPS) is 20.4. The summed E-state index contributed by atoms with van der Waals surface area (Å²) in [6.07, 6.45) is 13.7. The lowest BCUT2D eigenvalue weighted by molar-refractivity contribution is 0.284. The Kier molecular flexibility index (Phi) is 3.23. The van der Waals surface area contributed by atoms with Crippen molar-refractivity contribution < 1.29 is 9.47 Å². The van der Waals surface area contributed by atoms with Crippen molar-refractivity contribution in [3.8, 4) is 11.5 Å². The fraction of sp³-hybridized carbons (Fsp3) is 0.176. The van der Waals surface area contributed by atoms with Gasteiger partial charge in [0.05, 0.1) is 7.11 Å². The molecule has 0 saturated carbocycles. The molecule has 0 N–H and O–H groups in total. The van der Waals surface area contributed by atoms with Gasteiger partial charge in [-0.3, -0.25) is 0 Å². The Bertz CT molecular complexity index is 574. The van der Waals surface area contributed by atoms with Crippen molar-refractivity contribution >= 4 is 0 Å². The first kappa shape index (κ1) is 11.8. The molecule has 1 unspecified atom stereocenters. The molecule has 0 aliphatic heterocycles. The maximum atomic E-state index is 6.04. The number of fused-ring (bicyclic) bond motifs is 1. The van der Waals surface area contributed by atoms with Gasteiger partial charge in [0.25, 0.3) is 0 Å². The highest BCUT2D eigenvalue weighted by Gasteiger charge is 2.20. The summed E-state index contributed by atoms with van der Waals surface area (Å²) < 4.78 is 11.2. The summed E-state index contributed by atoms with van der Waals surface area (Å²) in [6.45, 7) is 0. The van der Waals surface area contributed by atoms with Gasteiger partial charge in [-0.25, -0.2) is 0 Å². The maximum Gasteiger partial charge on any atom is 0.143 e. The van der Waals surface area contributed by atoms with Gasteiger partial charge < -0.3 is 9.47 Å². The molecular weight excluding hydrogens is 236 g/mol. The van der Waals surface area contributed by atoms with Gasteiger partial charge in [-0.15, -0.1) is 0 Å². The van der Waals surface area contributed by atoms with Gasteiger partial charge >= 0.3 is 0 Å². The van der Waals surface area contributed by atoms with E-state index in [1.807, 2.05) is 24.3 Å². The monoisotopic (exact) mass is 252 g/mol. The number of allylic oxidation sites excluding steroid dienone is 5. The highest BCUT2D eigenvalue weighted by Crippen LogP contribution is 2.30. The molecule has 0 radical (unpaired) electrons. The fourth-order valence-corrected chi connectivity index (χ4v) is 2.31. The highest BCUT2D eigenvalue weighted by molar-refractivity contribution is 5.49. The van der Waals surface area contributed by atoms with Crippen LogP contribution in [-0.4, -0.2) is 13.2 Å². The Labute approximate surface area is 113 Å². The Morgan fingerprint density at radius 2 is 1.79 bits per heavy atom. The summed E-state index contributed by atoms with van der Waals surface area (Å²) in [6, 6.07) is 7.69. The van der Waals surface area contributed by atoms with Gasteiger partial charge in [0.2, 0.25) is 0 Å². The van der Waals surface area contributed by atoms with Crippen LogP contribution in [0.25, 0.3) is 0 Å². The van der Waals surface area contributed by atoms with Gasteiger partial charge in [-0.05, 0) is 47.9 Å². The predicted molar refractivity (Wildman–Crippen MR) is 76.5 cm³/mol. The van der Waals surface area contributed by atoms with Crippen molar-refractivity contribution in [3.63, 3.8) is 0 Å². The minimum Gasteiger partial charge on any atom is -0.497 e. The molecule has 19 heavy (non-hydrogen) atoms. The number of ether oxygens (including phenoxy) is 2. The van der Waals surface area contributed by atoms with Crippen LogP contribution < -0.4 is 9.47 Å². The van der Waals surface area contributed by atoms with Crippen molar-refractivity contribution in [2.24, 2.45) is 0 Å². The predicted octanol–water partition coefficient (Wildman–Crippen LogP) is 3.83. The van der Waals surface area contributed by atoms with E-state index in [2.05, 4.69) is 36.5 Å². The topological polar surface area (TPSA) is 18.5 Å². The van der Waals surface area contributed by atoms with Gasteiger partial charge in [0.1, 0.15) is 17.6 Å². The summed E-state index contributed by atoms with van der Waals surface area (Å²) in [5.74, 6) is 1.69. The van der Waals surface area contributed by atoms with E-state index in [9.17, 15) is 0 Å². The summed E-state index contributed by atoms with van der Waals surface area (Å²) in [4.78, 5) is 0. The largest absolute Gasteiger partial charge is 0.497 e. The number of hydrogen-bond acceptors (Lipinski definition) is 2. The summed E-state index contributed by atoms with van der Waals surface area (Å²) in [5, 5.41) is 0. The second-order valence-corrected chi connectivity index (χ2v) is 4.55. The Balaban J connectivity index is 1.79. The van der Waals surface area contributed by atoms with Crippen LogP contribution in [0, 0.1) is 0 Å². The SMILES string of the molecule is COc1ccc(OC2C=CC=C3CC=CC=C32)cc1. The van der Waals surface area contributed by atoms with E-state index in [1.165, 1.54) is 11.1 Å². The van der Waals surface area contributed by atoms with Crippen molar-refractivity contribution in [1.29, 1.82) is 0 Å². The molecule has 2 heteroatoms. The Hall–Kier alpha value is -2.22. The lowest BCUT2D eigenvalue weighted by Crippen LogP contribution is -2.20. The van der Waals surface area contributed by atoms with Crippen LogP contribution in [0.1, 0.15) is 6.42 Å². The number of methoxy groups -OCH3 is 1. The van der Waals surface area contributed by atoms with Crippen LogP contribution >= 0.6 is 0 Å². The minimum atomic E-state index is -0.00153. The number of benzene rings is 1. The molecule has 0 spiro atoms. The van der Waals surface area contributed by atoms with Crippen molar-refractivity contribution in [2.75, 3.05) is 7.11 Å². The van der Waals surface area contributed by atoms with Crippen LogP contribution in [-0.2, 0) is 0 Å². The van der Waals surface area contributed by atoms with E-state index >= 15 is 0 Å². The molecule has 0 aromatic heterocycles. The molecule has 0 heterocycles. The van der Waals surface area contributed by atoms with Crippen LogP contribution in [0.15, 0.2) is 71.9 Å². The lowest BCUT2D eigenvalue weighted by atomic mass is 9.90. The first-order valence-electron chi connectivity index (χ1n) is 6.42. The molecule has 1 aromatic carbocycles. The van der Waals surface area contributed by atoms with Gasteiger partial charge in [0.15, 0.2) is 0 Å². The summed E-state index contributed by atoms with van der Waals surface area (Å²) in [7, 11) is 1.66. The molecule has 0 bridgehead atoms. The quantitative estimate of drug-likeness (QED) is 0.814. The lowest BCUT2D eigenvalue weighted by Gasteiger charge is -2.24. The van der Waals surface area contributed by atoms with Gasteiger partial charge in [-0.2, -0.15) is 0 Å². The zero-order valence-electron chi connectivity index (χ0n) is 10.9. The average molecular weight is 252 g/mol. The molecule has 3 rings (SSSR count). The first-order valence-corrected chi connectivity index (χ1v) is 6.42. The first-order chi connectivity index (χ1) is 9.36. The second-order valence-electron chi connectivity index (χ2n) is 4.55. The van der Waals surface area contributed by atoms with Crippen molar-refractivity contribution in [2.45, 2.75) is 12.5 Å². The molecule has 0 fully saturated rings. The zero-order valence-corrected chi connectivity index (χ0v) is 10.9. The molecule has 0 amide bonds. The van der Waals surface area contributed by atoms with Gasteiger partial charge in [0, 0.05) is 0 Å². The van der Waals surface area contributed by atoms with Crippen LogP contribution in [0.2, 0.25) is 0 Å². The number of hydrogen-bond donors (Lipinski definition) is 0. The Morgan fingerprint density at radius 3 is 2.58 bits per heavy atom. The standard InChI is InChI=1S/C17H16O2/c1-18-14-9-11-15(12-10-14)19-17-8-4-6-13-5-2-3-7-16(13)17/h2-4,6-12,17H,5H2,1H3. The Morgan fingerprint density at radius 1 is 1.00 bits per heavy atom. The second kappa shape index (κ2) is 5.19. The third-order valence-corrected chi connectivity index (χ3v) is 3.33. The maximum absolute atomic E-state index is 6.04. The molecule has 0 saturated heterocycles. The van der Waals surface area contributed by atoms with E-state index in [0.29, 0.717) is 0 Å². The van der Waals surface area contributed by atoms with E-state index in [4.69, 9.17) is 9.47 Å². The summed E-state index contributed by atoms with van der Waals surface area (Å²) in [5.41, 5.74) is 2.59. The number of rotatable bonds is 3. The minimum absolute atomic E-state index is 0.00153. The molecule has 1 atom stereocenters. The van der Waals surface area contributed by atoms with E-state index in [-0.39, 0.29) is 6.10 Å². The zero-order chi connectivity index (χ0) is 13.1. The molecule has 96 valence electrons. The molecule has 2 aliphatic carbocycles. The third-order valence-electron chi connectivity index (χ3n) is 3.33. The highest BCUT2D eigenvalue weighted by atomic mass is 16.5. The van der Waals surface area contributed by atoms with Crippen molar-refractivity contribution in [1.82, 2.24) is 0 Å². The summed E-state index contributed by atoms with van der Waals surface area (Å²) >= 11 is 0. The molecule has 2 aliphatic rings. The average Bonchev–Trinajstić information content (AvgIpc) is 2.48. The van der Waals surface area contributed by atoms with Crippen LogP contribution in [0.3, 0.4) is 0 Å². The smallest absolute Gasteiger partial charge is 0.143 e. The third kappa shape index (κ3) is 2.48. The molecule has 1 aromatic rings. The van der Waals surface area contributed by atoms with Crippen LogP contribution in [0.5, 0.6) is 11.5 Å². The van der Waals surface area contributed by atoms with E-state index in [1.54, 1.807) is 7.11 Å². The van der Waals surface area contributed by atoms with Crippen LogP contribution in [0.4, 0.5) is 0 Å². The molecular formula is C17H16O2. The van der Waals surface area contributed by atoms with Gasteiger partial charge in [-0.1, -0.05) is 30.4 Å².